The van der Waals surface area contributed by atoms with Crippen LogP contribution in [0.25, 0.3) is 0 Å². The van der Waals surface area contributed by atoms with E-state index in [2.05, 4.69) is 4.90 Å². The second kappa shape index (κ2) is 5.69. The predicted molar refractivity (Wildman–Crippen MR) is 68.2 cm³/mol. The summed E-state index contributed by atoms with van der Waals surface area (Å²) in [7, 11) is 1.72. The Kier molecular flexibility index (Phi) is 4.24. The first-order valence-electron chi connectivity index (χ1n) is 5.82. The lowest BCUT2D eigenvalue weighted by atomic mass is 10.1. The van der Waals surface area contributed by atoms with Crippen molar-refractivity contribution in [2.75, 3.05) is 31.7 Å². The van der Waals surface area contributed by atoms with Crippen LogP contribution >= 0.6 is 11.6 Å². The molecule has 94 valence electrons. The van der Waals surface area contributed by atoms with E-state index in [1.54, 1.807) is 13.2 Å². The second-order valence-electron chi connectivity index (χ2n) is 4.51. The van der Waals surface area contributed by atoms with E-state index >= 15 is 0 Å². The molecule has 1 fully saturated rings. The number of halogens is 2. The van der Waals surface area contributed by atoms with E-state index in [1.807, 2.05) is 6.07 Å². The molecule has 1 unspecified atom stereocenters. The van der Waals surface area contributed by atoms with E-state index in [1.165, 1.54) is 6.07 Å². The number of nitrogens with zero attached hydrogens (tertiary/aromatic N) is 1. The lowest BCUT2D eigenvalue weighted by molar-refractivity contribution is 0.161. The lowest BCUT2D eigenvalue weighted by Gasteiger charge is -2.19. The van der Waals surface area contributed by atoms with Crippen LogP contribution in [0, 0.1) is 11.7 Å². The van der Waals surface area contributed by atoms with Crippen LogP contribution in [0.5, 0.6) is 0 Å². The molecule has 0 bridgehead atoms. The van der Waals surface area contributed by atoms with Gasteiger partial charge in [-0.1, -0.05) is 0 Å². The minimum absolute atomic E-state index is 0.214. The Balaban J connectivity index is 2.10. The van der Waals surface area contributed by atoms with Crippen LogP contribution in [0.3, 0.4) is 0 Å². The SMILES string of the molecule is COCC1CCN(c2cc(F)cc(CCl)c2)C1. The summed E-state index contributed by atoms with van der Waals surface area (Å²) in [6.45, 7) is 2.66. The number of anilines is 1. The van der Waals surface area contributed by atoms with Crippen LogP contribution in [0.2, 0.25) is 0 Å². The molecule has 1 aromatic rings. The molecule has 0 N–H and O–H groups in total. The largest absolute Gasteiger partial charge is 0.384 e. The monoisotopic (exact) mass is 257 g/mol. The quantitative estimate of drug-likeness (QED) is 0.769. The first-order chi connectivity index (χ1) is 8.22. The smallest absolute Gasteiger partial charge is 0.125 e. The van der Waals surface area contributed by atoms with Crippen molar-refractivity contribution in [1.29, 1.82) is 0 Å². The van der Waals surface area contributed by atoms with Crippen LogP contribution in [-0.4, -0.2) is 26.8 Å². The maximum atomic E-state index is 13.4. The second-order valence-corrected chi connectivity index (χ2v) is 4.77. The van der Waals surface area contributed by atoms with Gasteiger partial charge in [0, 0.05) is 37.7 Å². The highest BCUT2D eigenvalue weighted by Gasteiger charge is 2.23. The number of hydrogen-bond donors (Lipinski definition) is 0. The molecule has 17 heavy (non-hydrogen) atoms. The summed E-state index contributed by atoms with van der Waals surface area (Å²) >= 11 is 5.75. The number of alkyl halides is 1. The Morgan fingerprint density at radius 3 is 3.00 bits per heavy atom. The fourth-order valence-corrected chi connectivity index (χ4v) is 2.49. The summed E-state index contributed by atoms with van der Waals surface area (Å²) in [4.78, 5) is 2.20. The third kappa shape index (κ3) is 3.11. The van der Waals surface area contributed by atoms with Gasteiger partial charge in [0.25, 0.3) is 0 Å². The summed E-state index contributed by atoms with van der Waals surface area (Å²) < 4.78 is 18.6. The highest BCUT2D eigenvalue weighted by Crippen LogP contribution is 2.26. The Bertz CT molecular complexity index is 386. The lowest BCUT2D eigenvalue weighted by Crippen LogP contribution is -2.21. The van der Waals surface area contributed by atoms with Crippen LogP contribution < -0.4 is 4.90 Å². The van der Waals surface area contributed by atoms with Gasteiger partial charge in [-0.2, -0.15) is 0 Å². The molecule has 0 spiro atoms. The average Bonchev–Trinajstić information content (AvgIpc) is 2.77. The molecule has 2 rings (SSSR count). The number of benzene rings is 1. The standard InChI is InChI=1S/C13H17ClFNO/c1-17-9-10-2-3-16(8-10)13-5-11(7-14)4-12(15)6-13/h4-6,10H,2-3,7-9H2,1H3. The molecule has 2 nitrogen and oxygen atoms in total. The van der Waals surface area contributed by atoms with Gasteiger partial charge >= 0.3 is 0 Å². The van der Waals surface area contributed by atoms with Gasteiger partial charge in [0.2, 0.25) is 0 Å². The van der Waals surface area contributed by atoms with Crippen molar-refractivity contribution in [3.05, 3.63) is 29.6 Å². The molecule has 0 radical (unpaired) electrons. The van der Waals surface area contributed by atoms with Gasteiger partial charge in [-0.05, 0) is 30.2 Å². The number of methoxy groups -OCH3 is 1. The zero-order valence-electron chi connectivity index (χ0n) is 9.96. The number of hydrogen-bond acceptors (Lipinski definition) is 2. The van der Waals surface area contributed by atoms with E-state index in [9.17, 15) is 4.39 Å². The van der Waals surface area contributed by atoms with Gasteiger partial charge in [0.1, 0.15) is 5.82 Å². The molecule has 1 saturated heterocycles. The molecular weight excluding hydrogens is 241 g/mol. The highest BCUT2D eigenvalue weighted by atomic mass is 35.5. The van der Waals surface area contributed by atoms with Gasteiger partial charge in [-0.15, -0.1) is 11.6 Å². The van der Waals surface area contributed by atoms with Gasteiger partial charge < -0.3 is 9.64 Å². The Hall–Kier alpha value is -0.800. The molecule has 4 heteroatoms. The molecule has 0 saturated carbocycles. The summed E-state index contributed by atoms with van der Waals surface area (Å²) in [5.41, 5.74) is 1.76. The fraction of sp³-hybridized carbons (Fsp3) is 0.538. The van der Waals surface area contributed by atoms with E-state index in [0.29, 0.717) is 11.8 Å². The summed E-state index contributed by atoms with van der Waals surface area (Å²) in [5, 5.41) is 0. The molecular formula is C13H17ClFNO. The topological polar surface area (TPSA) is 12.5 Å². The van der Waals surface area contributed by atoms with Crippen LogP contribution in [-0.2, 0) is 10.6 Å². The maximum absolute atomic E-state index is 13.4. The van der Waals surface area contributed by atoms with Gasteiger partial charge in [-0.25, -0.2) is 4.39 Å². The van der Waals surface area contributed by atoms with Gasteiger partial charge in [0.05, 0.1) is 6.61 Å². The fourth-order valence-electron chi connectivity index (χ4n) is 2.33. The van der Waals surface area contributed by atoms with E-state index in [4.69, 9.17) is 16.3 Å². The summed E-state index contributed by atoms with van der Waals surface area (Å²) in [6, 6.07) is 5.02. The molecule has 1 atom stereocenters. The number of ether oxygens (including phenoxy) is 1. The van der Waals surface area contributed by atoms with Crippen molar-refractivity contribution in [1.82, 2.24) is 0 Å². The van der Waals surface area contributed by atoms with Crippen molar-refractivity contribution in [3.63, 3.8) is 0 Å². The molecule has 1 aliphatic heterocycles. The van der Waals surface area contributed by atoms with E-state index in [0.717, 1.165) is 37.4 Å². The molecule has 1 aliphatic rings. The van der Waals surface area contributed by atoms with Crippen LogP contribution in [0.1, 0.15) is 12.0 Å². The zero-order valence-corrected chi connectivity index (χ0v) is 10.7. The minimum atomic E-state index is -0.214. The highest BCUT2D eigenvalue weighted by molar-refractivity contribution is 6.17. The molecule has 1 heterocycles. The van der Waals surface area contributed by atoms with Gasteiger partial charge in [-0.3, -0.25) is 0 Å². The molecule has 0 aliphatic carbocycles. The van der Waals surface area contributed by atoms with Crippen molar-refractivity contribution in [2.24, 2.45) is 5.92 Å². The van der Waals surface area contributed by atoms with Gasteiger partial charge in [0.15, 0.2) is 0 Å². The minimum Gasteiger partial charge on any atom is -0.384 e. The Morgan fingerprint density at radius 2 is 2.29 bits per heavy atom. The Morgan fingerprint density at radius 1 is 1.47 bits per heavy atom. The van der Waals surface area contributed by atoms with Crippen molar-refractivity contribution < 1.29 is 9.13 Å². The van der Waals surface area contributed by atoms with Crippen molar-refractivity contribution >= 4 is 17.3 Å². The maximum Gasteiger partial charge on any atom is 0.125 e. The molecule has 0 amide bonds. The van der Waals surface area contributed by atoms with Crippen LogP contribution in [0.4, 0.5) is 10.1 Å². The van der Waals surface area contributed by atoms with Crippen molar-refractivity contribution in [3.8, 4) is 0 Å². The average molecular weight is 258 g/mol. The third-order valence-corrected chi connectivity index (χ3v) is 3.46. The normalized spacial score (nSPS) is 19.9. The molecule has 1 aromatic carbocycles. The third-order valence-electron chi connectivity index (χ3n) is 3.15. The molecule has 0 aromatic heterocycles. The summed E-state index contributed by atoms with van der Waals surface area (Å²) in [5.74, 6) is 0.677. The van der Waals surface area contributed by atoms with Crippen molar-refractivity contribution in [2.45, 2.75) is 12.3 Å². The van der Waals surface area contributed by atoms with E-state index in [-0.39, 0.29) is 5.82 Å². The van der Waals surface area contributed by atoms with Crippen LogP contribution in [0.15, 0.2) is 18.2 Å². The number of rotatable bonds is 4. The Labute approximate surface area is 106 Å². The predicted octanol–water partition coefficient (Wildman–Crippen LogP) is 3.04. The first-order valence-corrected chi connectivity index (χ1v) is 6.35. The zero-order chi connectivity index (χ0) is 12.3. The first kappa shape index (κ1) is 12.7. The van der Waals surface area contributed by atoms with E-state index < -0.39 is 0 Å². The summed E-state index contributed by atoms with van der Waals surface area (Å²) in [6.07, 6.45) is 1.10.